The lowest BCUT2D eigenvalue weighted by Crippen LogP contribution is -2.62. The molecule has 0 aromatic heterocycles. The van der Waals surface area contributed by atoms with Gasteiger partial charge in [-0.3, -0.25) is 4.79 Å². The molecule has 0 aliphatic carbocycles. The molecule has 3 rings (SSSR count). The van der Waals surface area contributed by atoms with E-state index in [1.54, 1.807) is 4.90 Å². The van der Waals surface area contributed by atoms with Crippen LogP contribution < -0.4 is 4.74 Å². The average Bonchev–Trinajstić information content (AvgIpc) is 2.32. The number of carbonyl (C=O) groups excluding carboxylic acids is 1. The molecule has 0 unspecified atom stereocenters. The number of carbonyl (C=O) groups is 1. The molecule has 3 nitrogen and oxygen atoms in total. The Morgan fingerprint density at radius 1 is 1.41 bits per heavy atom. The van der Waals surface area contributed by atoms with Gasteiger partial charge >= 0.3 is 0 Å². The largest absolute Gasteiger partial charge is 0.468 e. The molecular weight excluding hydrogens is 214 g/mol. The monoisotopic (exact) mass is 231 g/mol. The molecule has 1 amide bonds. The minimum atomic E-state index is -0.506. The number of hydrogen-bond donors (Lipinski definition) is 0. The lowest BCUT2D eigenvalue weighted by Gasteiger charge is -2.53. The Morgan fingerprint density at radius 2 is 2.12 bits per heavy atom. The van der Waals surface area contributed by atoms with Crippen LogP contribution in [0.15, 0.2) is 24.3 Å². The van der Waals surface area contributed by atoms with Gasteiger partial charge in [0.25, 0.3) is 0 Å². The molecule has 0 radical (unpaired) electrons. The summed E-state index contributed by atoms with van der Waals surface area (Å²) < 4.78 is 6.09. The van der Waals surface area contributed by atoms with Crippen LogP contribution in [0.1, 0.15) is 31.7 Å². The summed E-state index contributed by atoms with van der Waals surface area (Å²) in [7, 11) is 1.84. The third kappa shape index (κ3) is 1.25. The average molecular weight is 231 g/mol. The van der Waals surface area contributed by atoms with Crippen LogP contribution in [-0.2, 0) is 4.79 Å². The fourth-order valence-corrected chi connectivity index (χ4v) is 3.07. The van der Waals surface area contributed by atoms with Crippen molar-refractivity contribution < 1.29 is 9.53 Å². The molecule has 2 aliphatic rings. The van der Waals surface area contributed by atoms with E-state index in [9.17, 15) is 4.79 Å². The van der Waals surface area contributed by atoms with E-state index in [2.05, 4.69) is 13.0 Å². The highest BCUT2D eigenvalue weighted by molar-refractivity contribution is 5.79. The fourth-order valence-electron chi connectivity index (χ4n) is 3.07. The van der Waals surface area contributed by atoms with Crippen molar-refractivity contribution >= 4 is 5.91 Å². The zero-order chi connectivity index (χ0) is 12.2. The first-order valence-electron chi connectivity index (χ1n) is 6.08. The van der Waals surface area contributed by atoms with Crippen molar-refractivity contribution in [3.8, 4) is 5.75 Å². The third-order valence-corrected chi connectivity index (χ3v) is 4.52. The molecule has 0 spiro atoms. The molecule has 17 heavy (non-hydrogen) atoms. The molecule has 3 atom stereocenters. The predicted octanol–water partition coefficient (Wildman–Crippen LogP) is 2.38. The zero-order valence-electron chi connectivity index (χ0n) is 10.4. The Balaban J connectivity index is 2.17. The predicted molar refractivity (Wildman–Crippen MR) is 64.8 cm³/mol. The summed E-state index contributed by atoms with van der Waals surface area (Å²) >= 11 is 0. The highest BCUT2D eigenvalue weighted by atomic mass is 16.5. The molecule has 1 saturated heterocycles. The first-order valence-corrected chi connectivity index (χ1v) is 6.08. The molecule has 0 N–H and O–H groups in total. The van der Waals surface area contributed by atoms with Crippen LogP contribution in [0.3, 0.4) is 0 Å². The number of ether oxygens (including phenoxy) is 1. The van der Waals surface area contributed by atoms with Crippen LogP contribution in [0.4, 0.5) is 0 Å². The summed E-state index contributed by atoms with van der Waals surface area (Å²) in [6.07, 6.45) is 0.591. The summed E-state index contributed by atoms with van der Waals surface area (Å²) in [6.45, 7) is 4.18. The van der Waals surface area contributed by atoms with Crippen LogP contribution in [0, 0.1) is 5.92 Å². The summed E-state index contributed by atoms with van der Waals surface area (Å²) in [5.41, 5.74) is 0.674. The van der Waals surface area contributed by atoms with Gasteiger partial charge in [0.05, 0.1) is 0 Å². The topological polar surface area (TPSA) is 29.5 Å². The van der Waals surface area contributed by atoms with Gasteiger partial charge in [-0.1, -0.05) is 25.1 Å². The number of hydrogen-bond acceptors (Lipinski definition) is 2. The lowest BCUT2D eigenvalue weighted by molar-refractivity contribution is -0.173. The number of rotatable bonds is 0. The van der Waals surface area contributed by atoms with Crippen LogP contribution in [0.2, 0.25) is 0 Å². The Labute approximate surface area is 101 Å². The van der Waals surface area contributed by atoms with Crippen molar-refractivity contribution in [1.82, 2.24) is 4.90 Å². The minimum Gasteiger partial charge on any atom is -0.468 e. The van der Waals surface area contributed by atoms with Gasteiger partial charge in [-0.05, 0) is 18.6 Å². The Morgan fingerprint density at radius 3 is 2.88 bits per heavy atom. The van der Waals surface area contributed by atoms with Gasteiger partial charge < -0.3 is 9.64 Å². The first kappa shape index (κ1) is 10.6. The second-order valence-corrected chi connectivity index (χ2v) is 5.25. The number of piperidine rings is 1. The van der Waals surface area contributed by atoms with Crippen molar-refractivity contribution in [2.45, 2.75) is 31.9 Å². The number of nitrogens with zero attached hydrogens (tertiary/aromatic N) is 1. The number of fused-ring (bicyclic) bond motifs is 4. The summed E-state index contributed by atoms with van der Waals surface area (Å²) in [5.74, 6) is 1.70. The SMILES string of the molecule is C[C@@H]1[C@@H]2CC(=O)N(C)[C@]1(C)Oc1ccccc12. The minimum absolute atomic E-state index is 0.171. The molecule has 2 bridgehead atoms. The lowest BCUT2D eigenvalue weighted by atomic mass is 9.73. The van der Waals surface area contributed by atoms with E-state index in [1.165, 1.54) is 5.56 Å². The molecule has 2 heterocycles. The zero-order valence-corrected chi connectivity index (χ0v) is 10.4. The molecule has 2 aliphatic heterocycles. The number of amides is 1. The number of para-hydroxylation sites is 1. The van der Waals surface area contributed by atoms with Gasteiger partial charge in [0.2, 0.25) is 5.91 Å². The molecule has 1 aromatic carbocycles. The van der Waals surface area contributed by atoms with Crippen molar-refractivity contribution in [3.63, 3.8) is 0 Å². The quantitative estimate of drug-likeness (QED) is 0.686. The Kier molecular flexibility index (Phi) is 2.03. The maximum absolute atomic E-state index is 12.0. The highest BCUT2D eigenvalue weighted by Crippen LogP contribution is 2.50. The molecule has 0 saturated carbocycles. The van der Waals surface area contributed by atoms with Crippen molar-refractivity contribution in [3.05, 3.63) is 29.8 Å². The second-order valence-electron chi connectivity index (χ2n) is 5.25. The Hall–Kier alpha value is -1.51. The van der Waals surface area contributed by atoms with Crippen LogP contribution >= 0.6 is 0 Å². The van der Waals surface area contributed by atoms with Crippen molar-refractivity contribution in [1.29, 1.82) is 0 Å². The number of likely N-dealkylation sites (tertiary alicyclic amines) is 1. The normalized spacial score (nSPS) is 35.2. The van der Waals surface area contributed by atoms with E-state index in [0.717, 1.165) is 5.75 Å². The van der Waals surface area contributed by atoms with E-state index in [-0.39, 0.29) is 11.8 Å². The smallest absolute Gasteiger partial charge is 0.225 e. The highest BCUT2D eigenvalue weighted by Gasteiger charge is 2.52. The third-order valence-electron chi connectivity index (χ3n) is 4.52. The molecule has 1 fully saturated rings. The maximum atomic E-state index is 12.0. The van der Waals surface area contributed by atoms with E-state index in [4.69, 9.17) is 4.74 Å². The van der Waals surface area contributed by atoms with E-state index >= 15 is 0 Å². The Bertz CT molecular complexity index is 485. The van der Waals surface area contributed by atoms with Crippen LogP contribution in [-0.4, -0.2) is 23.6 Å². The van der Waals surface area contributed by atoms with Crippen LogP contribution in [0.25, 0.3) is 0 Å². The first-order chi connectivity index (χ1) is 8.04. The molecular formula is C14H17NO2. The molecule has 90 valence electrons. The second kappa shape index (κ2) is 3.25. The van der Waals surface area contributed by atoms with E-state index in [0.29, 0.717) is 12.3 Å². The molecule has 3 heteroatoms. The number of benzene rings is 1. The van der Waals surface area contributed by atoms with E-state index in [1.807, 2.05) is 32.2 Å². The van der Waals surface area contributed by atoms with Gasteiger partial charge in [0, 0.05) is 25.3 Å². The molecule has 1 aromatic rings. The van der Waals surface area contributed by atoms with Gasteiger partial charge in [0.15, 0.2) is 5.72 Å². The summed E-state index contributed by atoms with van der Waals surface area (Å²) in [6, 6.07) is 8.07. The van der Waals surface area contributed by atoms with Gasteiger partial charge in [-0.2, -0.15) is 0 Å². The van der Waals surface area contributed by atoms with Crippen molar-refractivity contribution in [2.75, 3.05) is 7.05 Å². The van der Waals surface area contributed by atoms with Crippen LogP contribution in [0.5, 0.6) is 5.75 Å². The van der Waals surface area contributed by atoms with Gasteiger partial charge in [0.1, 0.15) is 5.75 Å². The van der Waals surface area contributed by atoms with Gasteiger partial charge in [-0.25, -0.2) is 0 Å². The summed E-state index contributed by atoms with van der Waals surface area (Å²) in [4.78, 5) is 13.8. The standard InChI is InChI=1S/C14H17NO2/c1-9-11-8-13(16)15(3)14(9,2)17-12-7-5-4-6-10(11)12/h4-7,9,11H,8H2,1-3H3/t9-,11+,14-/m1/s1. The summed E-state index contributed by atoms with van der Waals surface area (Å²) in [5, 5.41) is 0. The van der Waals surface area contributed by atoms with Crippen molar-refractivity contribution in [2.24, 2.45) is 5.92 Å². The maximum Gasteiger partial charge on any atom is 0.225 e. The fraction of sp³-hybridized carbons (Fsp3) is 0.500. The van der Waals surface area contributed by atoms with Gasteiger partial charge in [-0.15, -0.1) is 0 Å². The van der Waals surface area contributed by atoms with E-state index < -0.39 is 5.72 Å².